The van der Waals surface area contributed by atoms with Crippen LogP contribution in [0.1, 0.15) is 46.0 Å². The fraction of sp³-hybridized carbons (Fsp3) is 1.00. The van der Waals surface area contributed by atoms with E-state index in [0.29, 0.717) is 12.1 Å². The van der Waals surface area contributed by atoms with E-state index in [2.05, 4.69) is 31.1 Å². The van der Waals surface area contributed by atoms with E-state index in [4.69, 9.17) is 4.74 Å². The Balaban J connectivity index is 1.89. The Bertz CT molecular complexity index is 185. The number of nitrogens with one attached hydrogen (secondary N) is 1. The van der Waals surface area contributed by atoms with Crippen molar-refractivity contribution < 1.29 is 4.74 Å². The smallest absolute Gasteiger partial charge is 0.0621 e. The molecule has 0 saturated carbocycles. The summed E-state index contributed by atoms with van der Waals surface area (Å²) >= 11 is 0. The molecule has 1 rings (SSSR count). The van der Waals surface area contributed by atoms with Crippen molar-refractivity contribution in [3.63, 3.8) is 0 Å². The van der Waals surface area contributed by atoms with Gasteiger partial charge < -0.3 is 15.0 Å². The molecule has 1 N–H and O–H groups in total. The Morgan fingerprint density at radius 2 is 2.12 bits per heavy atom. The summed E-state index contributed by atoms with van der Waals surface area (Å²) in [6.07, 6.45) is 6.44. The summed E-state index contributed by atoms with van der Waals surface area (Å²) in [7, 11) is 2.22. The lowest BCUT2D eigenvalue weighted by molar-refractivity contribution is 0.0513. The minimum atomic E-state index is 0.604. The first-order valence-corrected chi connectivity index (χ1v) is 7.21. The molecule has 0 radical (unpaired) electrons. The molecule has 0 aromatic heterocycles. The molecule has 1 aliphatic rings. The molecule has 1 aliphatic heterocycles. The second-order valence-electron chi connectivity index (χ2n) is 5.52. The number of likely N-dealkylation sites (tertiary alicyclic amines) is 1. The highest BCUT2D eigenvalue weighted by Crippen LogP contribution is 2.15. The zero-order valence-corrected chi connectivity index (χ0v) is 11.9. The van der Waals surface area contributed by atoms with Crippen LogP contribution in [-0.2, 0) is 4.74 Å². The standard InChI is InChI=1S/C14H30N2O/c1-13(2)15-9-5-7-11-17-12-14-8-4-6-10-16(14)3/h13-15H,4-12H2,1-3H3. The monoisotopic (exact) mass is 242 g/mol. The van der Waals surface area contributed by atoms with E-state index >= 15 is 0 Å². The molecule has 0 aromatic carbocycles. The van der Waals surface area contributed by atoms with Crippen molar-refractivity contribution in [3.8, 4) is 0 Å². The highest BCUT2D eigenvalue weighted by atomic mass is 16.5. The van der Waals surface area contributed by atoms with E-state index in [-0.39, 0.29) is 0 Å². The Kier molecular flexibility index (Phi) is 7.82. The molecule has 3 heteroatoms. The molecule has 1 fully saturated rings. The SMILES string of the molecule is CC(C)NCCCCOCC1CCCCN1C. The zero-order valence-electron chi connectivity index (χ0n) is 11.9. The van der Waals surface area contributed by atoms with Gasteiger partial charge in [0.15, 0.2) is 0 Å². The van der Waals surface area contributed by atoms with Crippen molar-refractivity contribution in [1.82, 2.24) is 10.2 Å². The third-order valence-electron chi connectivity index (χ3n) is 3.50. The van der Waals surface area contributed by atoms with E-state index < -0.39 is 0 Å². The van der Waals surface area contributed by atoms with Crippen LogP contribution in [0.15, 0.2) is 0 Å². The van der Waals surface area contributed by atoms with E-state index in [0.717, 1.165) is 19.8 Å². The number of piperidine rings is 1. The first-order valence-electron chi connectivity index (χ1n) is 7.21. The molecule has 17 heavy (non-hydrogen) atoms. The quantitative estimate of drug-likeness (QED) is 0.661. The van der Waals surface area contributed by atoms with E-state index in [1.807, 2.05) is 0 Å². The highest BCUT2D eigenvalue weighted by molar-refractivity contribution is 4.73. The summed E-state index contributed by atoms with van der Waals surface area (Å²) in [6.45, 7) is 8.58. The number of unbranched alkanes of at least 4 members (excludes halogenated alkanes) is 1. The second kappa shape index (κ2) is 8.90. The largest absolute Gasteiger partial charge is 0.380 e. The maximum absolute atomic E-state index is 5.78. The second-order valence-corrected chi connectivity index (χ2v) is 5.52. The van der Waals surface area contributed by atoms with Crippen LogP contribution in [0, 0.1) is 0 Å². The van der Waals surface area contributed by atoms with Gasteiger partial charge in [0.2, 0.25) is 0 Å². The summed E-state index contributed by atoms with van der Waals surface area (Å²) in [5.41, 5.74) is 0. The van der Waals surface area contributed by atoms with Gasteiger partial charge >= 0.3 is 0 Å². The Morgan fingerprint density at radius 3 is 2.82 bits per heavy atom. The van der Waals surface area contributed by atoms with Crippen LogP contribution in [0.5, 0.6) is 0 Å². The fourth-order valence-electron chi connectivity index (χ4n) is 2.29. The number of rotatable bonds is 8. The van der Waals surface area contributed by atoms with Gasteiger partial charge in [0, 0.05) is 18.7 Å². The maximum atomic E-state index is 5.78. The van der Waals surface area contributed by atoms with E-state index in [1.54, 1.807) is 0 Å². The third kappa shape index (κ3) is 7.02. The minimum absolute atomic E-state index is 0.604. The Morgan fingerprint density at radius 1 is 1.29 bits per heavy atom. The van der Waals surface area contributed by atoms with Crippen LogP contribution in [0.2, 0.25) is 0 Å². The van der Waals surface area contributed by atoms with E-state index in [1.165, 1.54) is 38.6 Å². The van der Waals surface area contributed by atoms with Crippen LogP contribution in [0.4, 0.5) is 0 Å². The predicted octanol–water partition coefficient (Wildman–Crippen LogP) is 2.27. The van der Waals surface area contributed by atoms with Crippen LogP contribution < -0.4 is 5.32 Å². The van der Waals surface area contributed by atoms with Gasteiger partial charge in [-0.25, -0.2) is 0 Å². The van der Waals surface area contributed by atoms with Gasteiger partial charge in [-0.1, -0.05) is 20.3 Å². The first kappa shape index (κ1) is 14.9. The predicted molar refractivity (Wildman–Crippen MR) is 73.5 cm³/mol. The van der Waals surface area contributed by atoms with Crippen LogP contribution >= 0.6 is 0 Å². The summed E-state index contributed by atoms with van der Waals surface area (Å²) in [6, 6.07) is 1.27. The Labute approximate surface area is 107 Å². The van der Waals surface area contributed by atoms with Crippen LogP contribution in [0.3, 0.4) is 0 Å². The number of hydrogen-bond donors (Lipinski definition) is 1. The molecular weight excluding hydrogens is 212 g/mol. The van der Waals surface area contributed by atoms with Gasteiger partial charge in [0.05, 0.1) is 6.61 Å². The lowest BCUT2D eigenvalue weighted by Gasteiger charge is -2.32. The number of hydrogen-bond acceptors (Lipinski definition) is 3. The molecule has 0 aliphatic carbocycles. The minimum Gasteiger partial charge on any atom is -0.380 e. The fourth-order valence-corrected chi connectivity index (χ4v) is 2.29. The molecule has 1 heterocycles. The molecule has 1 unspecified atom stereocenters. The Hall–Kier alpha value is -0.120. The normalized spacial score (nSPS) is 22.2. The first-order chi connectivity index (χ1) is 8.20. The molecule has 0 bridgehead atoms. The number of likely N-dealkylation sites (N-methyl/N-ethyl adjacent to an activating group) is 1. The molecular formula is C14H30N2O. The molecule has 1 saturated heterocycles. The molecule has 0 aromatic rings. The molecule has 0 amide bonds. The molecule has 0 spiro atoms. The average Bonchev–Trinajstić information content (AvgIpc) is 2.30. The average molecular weight is 242 g/mol. The summed E-state index contributed by atoms with van der Waals surface area (Å²) in [5.74, 6) is 0. The van der Waals surface area contributed by atoms with Gasteiger partial charge in [-0.2, -0.15) is 0 Å². The maximum Gasteiger partial charge on any atom is 0.0621 e. The lowest BCUT2D eigenvalue weighted by atomic mass is 10.0. The summed E-state index contributed by atoms with van der Waals surface area (Å²) in [4.78, 5) is 2.45. The van der Waals surface area contributed by atoms with Gasteiger partial charge in [0.25, 0.3) is 0 Å². The van der Waals surface area contributed by atoms with Gasteiger partial charge in [-0.3, -0.25) is 0 Å². The van der Waals surface area contributed by atoms with Gasteiger partial charge in [0.1, 0.15) is 0 Å². The van der Waals surface area contributed by atoms with Crippen molar-refractivity contribution in [2.75, 3.05) is 33.4 Å². The third-order valence-corrected chi connectivity index (χ3v) is 3.50. The molecule has 3 nitrogen and oxygen atoms in total. The van der Waals surface area contributed by atoms with Crippen molar-refractivity contribution in [2.24, 2.45) is 0 Å². The van der Waals surface area contributed by atoms with Crippen LogP contribution in [-0.4, -0.2) is 50.3 Å². The van der Waals surface area contributed by atoms with Gasteiger partial charge in [-0.05, 0) is 45.8 Å². The van der Waals surface area contributed by atoms with E-state index in [9.17, 15) is 0 Å². The lowest BCUT2D eigenvalue weighted by Crippen LogP contribution is -2.39. The molecule has 102 valence electrons. The summed E-state index contributed by atoms with van der Waals surface area (Å²) in [5, 5.41) is 3.43. The number of ether oxygens (including phenoxy) is 1. The topological polar surface area (TPSA) is 24.5 Å². The zero-order chi connectivity index (χ0) is 12.5. The molecule has 1 atom stereocenters. The van der Waals surface area contributed by atoms with Crippen molar-refractivity contribution in [2.45, 2.75) is 58.0 Å². The number of nitrogens with zero attached hydrogens (tertiary/aromatic N) is 1. The van der Waals surface area contributed by atoms with Gasteiger partial charge in [-0.15, -0.1) is 0 Å². The highest BCUT2D eigenvalue weighted by Gasteiger charge is 2.18. The van der Waals surface area contributed by atoms with Crippen LogP contribution in [0.25, 0.3) is 0 Å². The van der Waals surface area contributed by atoms with Crippen molar-refractivity contribution >= 4 is 0 Å². The summed E-state index contributed by atoms with van der Waals surface area (Å²) < 4.78 is 5.78. The van der Waals surface area contributed by atoms with Crippen molar-refractivity contribution in [3.05, 3.63) is 0 Å². The van der Waals surface area contributed by atoms with Crippen molar-refractivity contribution in [1.29, 1.82) is 0 Å².